The SMILES string of the molecule is CCCNC(Cc1ccc(Cl)s1)c1ccc(Br)cc1OC. The van der Waals surface area contributed by atoms with Gasteiger partial charge in [-0.1, -0.05) is 40.5 Å². The van der Waals surface area contributed by atoms with Crippen LogP contribution in [0.5, 0.6) is 5.75 Å². The number of methoxy groups -OCH3 is 1. The first-order valence-electron chi connectivity index (χ1n) is 6.95. The maximum absolute atomic E-state index is 6.04. The van der Waals surface area contributed by atoms with Crippen LogP contribution >= 0.6 is 38.9 Å². The number of rotatable bonds is 7. The Labute approximate surface area is 143 Å². The van der Waals surface area contributed by atoms with Crippen LogP contribution in [-0.2, 0) is 6.42 Å². The molecule has 21 heavy (non-hydrogen) atoms. The topological polar surface area (TPSA) is 21.3 Å². The van der Waals surface area contributed by atoms with E-state index in [1.165, 1.54) is 10.4 Å². The molecular weight excluding hydrogens is 370 g/mol. The summed E-state index contributed by atoms with van der Waals surface area (Å²) in [6.45, 7) is 3.15. The van der Waals surface area contributed by atoms with Crippen LogP contribution in [0, 0.1) is 0 Å². The zero-order valence-electron chi connectivity index (χ0n) is 12.2. The van der Waals surface area contributed by atoms with Crippen LogP contribution in [0.2, 0.25) is 4.34 Å². The van der Waals surface area contributed by atoms with Crippen LogP contribution in [0.1, 0.15) is 29.8 Å². The van der Waals surface area contributed by atoms with Gasteiger partial charge in [-0.25, -0.2) is 0 Å². The fraction of sp³-hybridized carbons (Fsp3) is 0.375. The number of ether oxygens (including phenoxy) is 1. The van der Waals surface area contributed by atoms with Gasteiger partial charge >= 0.3 is 0 Å². The second-order valence-corrected chi connectivity index (χ2v) is 7.52. The van der Waals surface area contributed by atoms with Gasteiger partial charge in [0.15, 0.2) is 0 Å². The van der Waals surface area contributed by atoms with Crippen molar-refractivity contribution in [1.82, 2.24) is 5.32 Å². The van der Waals surface area contributed by atoms with E-state index in [2.05, 4.69) is 46.4 Å². The largest absolute Gasteiger partial charge is 0.496 e. The molecule has 0 radical (unpaired) electrons. The molecule has 2 aromatic rings. The Hall–Kier alpha value is -0.550. The average molecular weight is 389 g/mol. The van der Waals surface area contributed by atoms with Crippen molar-refractivity contribution in [2.24, 2.45) is 0 Å². The van der Waals surface area contributed by atoms with E-state index in [1.807, 2.05) is 12.1 Å². The van der Waals surface area contributed by atoms with Gasteiger partial charge in [-0.15, -0.1) is 11.3 Å². The van der Waals surface area contributed by atoms with E-state index in [-0.39, 0.29) is 6.04 Å². The van der Waals surface area contributed by atoms with Crippen LogP contribution in [-0.4, -0.2) is 13.7 Å². The number of hydrogen-bond donors (Lipinski definition) is 1. The summed E-state index contributed by atoms with van der Waals surface area (Å²) >= 11 is 11.2. The molecule has 1 aromatic heterocycles. The van der Waals surface area contributed by atoms with Gasteiger partial charge < -0.3 is 10.1 Å². The van der Waals surface area contributed by atoms with E-state index in [1.54, 1.807) is 18.4 Å². The Kier molecular flexibility index (Phi) is 6.55. The van der Waals surface area contributed by atoms with E-state index >= 15 is 0 Å². The molecule has 1 heterocycles. The van der Waals surface area contributed by atoms with Crippen LogP contribution in [0.15, 0.2) is 34.8 Å². The number of hydrogen-bond acceptors (Lipinski definition) is 3. The highest BCUT2D eigenvalue weighted by Gasteiger charge is 2.17. The lowest BCUT2D eigenvalue weighted by Gasteiger charge is -2.21. The van der Waals surface area contributed by atoms with Crippen molar-refractivity contribution in [3.05, 3.63) is 49.6 Å². The fourth-order valence-electron chi connectivity index (χ4n) is 2.25. The Balaban J connectivity index is 2.26. The first kappa shape index (κ1) is 16.8. The average Bonchev–Trinajstić information content (AvgIpc) is 2.88. The Morgan fingerprint density at radius 3 is 2.76 bits per heavy atom. The number of benzene rings is 1. The molecular formula is C16H19BrClNOS. The molecule has 0 amide bonds. The maximum atomic E-state index is 6.04. The molecule has 2 nitrogen and oxygen atoms in total. The summed E-state index contributed by atoms with van der Waals surface area (Å²) in [4.78, 5) is 1.28. The molecule has 0 fully saturated rings. The van der Waals surface area contributed by atoms with E-state index in [0.717, 1.165) is 33.9 Å². The normalized spacial score (nSPS) is 12.4. The lowest BCUT2D eigenvalue weighted by molar-refractivity contribution is 0.398. The Bertz CT molecular complexity index is 587. The van der Waals surface area contributed by atoms with Gasteiger partial charge in [-0.2, -0.15) is 0 Å². The Morgan fingerprint density at radius 1 is 1.33 bits per heavy atom. The monoisotopic (exact) mass is 387 g/mol. The van der Waals surface area contributed by atoms with Crippen molar-refractivity contribution in [3.63, 3.8) is 0 Å². The Morgan fingerprint density at radius 2 is 2.14 bits per heavy atom. The van der Waals surface area contributed by atoms with Crippen molar-refractivity contribution in [2.45, 2.75) is 25.8 Å². The summed E-state index contributed by atoms with van der Waals surface area (Å²) in [5.41, 5.74) is 1.18. The van der Waals surface area contributed by atoms with E-state index in [9.17, 15) is 0 Å². The fourth-order valence-corrected chi connectivity index (χ4v) is 3.72. The zero-order chi connectivity index (χ0) is 15.2. The minimum Gasteiger partial charge on any atom is -0.496 e. The van der Waals surface area contributed by atoms with Crippen molar-refractivity contribution >= 4 is 38.9 Å². The molecule has 1 N–H and O–H groups in total. The highest BCUT2D eigenvalue weighted by molar-refractivity contribution is 9.10. The zero-order valence-corrected chi connectivity index (χ0v) is 15.3. The predicted molar refractivity (Wildman–Crippen MR) is 94.8 cm³/mol. The van der Waals surface area contributed by atoms with Crippen LogP contribution in [0.4, 0.5) is 0 Å². The van der Waals surface area contributed by atoms with Gasteiger partial charge in [0, 0.05) is 27.4 Å². The van der Waals surface area contributed by atoms with Crippen molar-refractivity contribution < 1.29 is 4.74 Å². The summed E-state index contributed by atoms with van der Waals surface area (Å²) in [5.74, 6) is 0.903. The molecule has 2 rings (SSSR count). The van der Waals surface area contributed by atoms with Crippen molar-refractivity contribution in [2.75, 3.05) is 13.7 Å². The van der Waals surface area contributed by atoms with Crippen molar-refractivity contribution in [1.29, 1.82) is 0 Å². The van der Waals surface area contributed by atoms with Gasteiger partial charge in [0.05, 0.1) is 11.4 Å². The summed E-state index contributed by atoms with van der Waals surface area (Å²) in [5, 5.41) is 3.61. The molecule has 114 valence electrons. The molecule has 0 saturated heterocycles. The van der Waals surface area contributed by atoms with Gasteiger partial charge in [-0.3, -0.25) is 0 Å². The highest BCUT2D eigenvalue weighted by atomic mass is 79.9. The molecule has 0 aliphatic carbocycles. The molecule has 0 bridgehead atoms. The van der Waals surface area contributed by atoms with Gasteiger partial charge in [-0.05, 0) is 37.2 Å². The summed E-state index contributed by atoms with van der Waals surface area (Å²) in [6.07, 6.45) is 2.01. The first-order valence-corrected chi connectivity index (χ1v) is 8.93. The van der Waals surface area contributed by atoms with Gasteiger partial charge in [0.1, 0.15) is 5.75 Å². The quantitative estimate of drug-likeness (QED) is 0.680. The maximum Gasteiger partial charge on any atom is 0.124 e. The summed E-state index contributed by atoms with van der Waals surface area (Å²) < 4.78 is 7.40. The second kappa shape index (κ2) is 8.18. The molecule has 0 spiro atoms. The van der Waals surface area contributed by atoms with Crippen LogP contribution < -0.4 is 10.1 Å². The number of nitrogens with one attached hydrogen (secondary N) is 1. The van der Waals surface area contributed by atoms with Crippen LogP contribution in [0.25, 0.3) is 0 Å². The standard InChI is InChI=1S/C16H19BrClNOS/c1-3-8-19-14(10-12-5-7-16(18)21-12)13-6-4-11(17)9-15(13)20-2/h4-7,9,14,19H,3,8,10H2,1-2H3. The molecule has 5 heteroatoms. The summed E-state index contributed by atoms with van der Waals surface area (Å²) in [6, 6.07) is 10.5. The minimum atomic E-state index is 0.225. The lowest BCUT2D eigenvalue weighted by atomic mass is 10.0. The summed E-state index contributed by atoms with van der Waals surface area (Å²) in [7, 11) is 1.71. The highest BCUT2D eigenvalue weighted by Crippen LogP contribution is 2.32. The van der Waals surface area contributed by atoms with Crippen molar-refractivity contribution in [3.8, 4) is 5.75 Å². The molecule has 1 aromatic carbocycles. The first-order chi connectivity index (χ1) is 10.1. The molecule has 1 atom stereocenters. The molecule has 0 aliphatic heterocycles. The minimum absolute atomic E-state index is 0.225. The third kappa shape index (κ3) is 4.71. The second-order valence-electron chi connectivity index (χ2n) is 4.80. The van der Waals surface area contributed by atoms with Crippen LogP contribution in [0.3, 0.4) is 0 Å². The molecule has 0 saturated carbocycles. The smallest absolute Gasteiger partial charge is 0.124 e. The number of thiophene rings is 1. The molecule has 0 aliphatic rings. The van der Waals surface area contributed by atoms with Gasteiger partial charge in [0.2, 0.25) is 0 Å². The number of halogens is 2. The lowest BCUT2D eigenvalue weighted by Crippen LogP contribution is -2.24. The van der Waals surface area contributed by atoms with E-state index in [0.29, 0.717) is 0 Å². The predicted octanol–water partition coefficient (Wildman–Crippen LogP) is 5.46. The van der Waals surface area contributed by atoms with E-state index in [4.69, 9.17) is 16.3 Å². The third-order valence-corrected chi connectivity index (χ3v) is 4.99. The third-order valence-electron chi connectivity index (χ3n) is 3.25. The van der Waals surface area contributed by atoms with Gasteiger partial charge in [0.25, 0.3) is 0 Å². The molecule has 1 unspecified atom stereocenters. The van der Waals surface area contributed by atoms with E-state index < -0.39 is 0 Å².